The van der Waals surface area contributed by atoms with E-state index in [2.05, 4.69) is 35.5 Å². The molecule has 3 nitrogen and oxygen atoms in total. The van der Waals surface area contributed by atoms with Gasteiger partial charge in [0, 0.05) is 37.6 Å². The molecule has 1 aromatic heterocycles. The Kier molecular flexibility index (Phi) is 5.29. The minimum Gasteiger partial charge on any atom is -0.313 e. The Labute approximate surface area is 92.3 Å². The van der Waals surface area contributed by atoms with Gasteiger partial charge in [-0.05, 0) is 18.6 Å². The van der Waals surface area contributed by atoms with Crippen LogP contribution < -0.4 is 10.6 Å². The molecule has 0 saturated heterocycles. The third-order valence-corrected chi connectivity index (χ3v) is 2.16. The molecule has 0 unspecified atom stereocenters. The maximum atomic E-state index is 4.25. The zero-order valence-electron chi connectivity index (χ0n) is 9.88. The standard InChI is InChI=1S/C12H21N3/c1-10(2)14-7-6-13-8-12-5-4-11(3)15-9-12/h4-5,9-10,13-14H,6-8H2,1-3H3. The van der Waals surface area contributed by atoms with Gasteiger partial charge in [0.15, 0.2) is 0 Å². The third kappa shape index (κ3) is 5.50. The molecule has 0 bridgehead atoms. The first kappa shape index (κ1) is 12.1. The molecule has 1 rings (SSSR count). The summed E-state index contributed by atoms with van der Waals surface area (Å²) >= 11 is 0. The summed E-state index contributed by atoms with van der Waals surface area (Å²) in [5.74, 6) is 0. The maximum Gasteiger partial charge on any atom is 0.0372 e. The highest BCUT2D eigenvalue weighted by Crippen LogP contribution is 1.97. The summed E-state index contributed by atoms with van der Waals surface area (Å²) in [4.78, 5) is 4.25. The van der Waals surface area contributed by atoms with Crippen molar-refractivity contribution in [3.05, 3.63) is 29.6 Å². The number of hydrogen-bond acceptors (Lipinski definition) is 3. The third-order valence-electron chi connectivity index (χ3n) is 2.16. The molecule has 0 amide bonds. The van der Waals surface area contributed by atoms with Gasteiger partial charge in [0.1, 0.15) is 0 Å². The number of aromatic nitrogens is 1. The van der Waals surface area contributed by atoms with Crippen molar-refractivity contribution >= 4 is 0 Å². The molecule has 0 aliphatic carbocycles. The van der Waals surface area contributed by atoms with E-state index in [1.54, 1.807) is 0 Å². The van der Waals surface area contributed by atoms with Crippen LogP contribution in [-0.4, -0.2) is 24.1 Å². The van der Waals surface area contributed by atoms with Crippen molar-refractivity contribution in [3.8, 4) is 0 Å². The van der Waals surface area contributed by atoms with Crippen molar-refractivity contribution in [2.45, 2.75) is 33.4 Å². The number of nitrogens with zero attached hydrogens (tertiary/aromatic N) is 1. The van der Waals surface area contributed by atoms with Crippen LogP contribution >= 0.6 is 0 Å². The summed E-state index contributed by atoms with van der Waals surface area (Å²) in [6, 6.07) is 4.72. The molecular weight excluding hydrogens is 186 g/mol. The Hall–Kier alpha value is -0.930. The van der Waals surface area contributed by atoms with Crippen LogP contribution in [0.15, 0.2) is 18.3 Å². The smallest absolute Gasteiger partial charge is 0.0372 e. The van der Waals surface area contributed by atoms with Gasteiger partial charge in [0.25, 0.3) is 0 Å². The van der Waals surface area contributed by atoms with E-state index < -0.39 is 0 Å². The van der Waals surface area contributed by atoms with E-state index in [4.69, 9.17) is 0 Å². The lowest BCUT2D eigenvalue weighted by molar-refractivity contribution is 0.555. The van der Waals surface area contributed by atoms with E-state index in [0.717, 1.165) is 25.3 Å². The average Bonchev–Trinajstić information content (AvgIpc) is 2.20. The molecule has 0 aliphatic heterocycles. The molecule has 3 heteroatoms. The molecule has 0 atom stereocenters. The van der Waals surface area contributed by atoms with Gasteiger partial charge >= 0.3 is 0 Å². The second kappa shape index (κ2) is 6.53. The predicted octanol–water partition coefficient (Wildman–Crippen LogP) is 1.48. The van der Waals surface area contributed by atoms with Crippen LogP contribution in [0, 0.1) is 6.92 Å². The predicted molar refractivity (Wildman–Crippen MR) is 63.8 cm³/mol. The second-order valence-corrected chi connectivity index (χ2v) is 4.09. The molecule has 0 spiro atoms. The van der Waals surface area contributed by atoms with Gasteiger partial charge in [-0.2, -0.15) is 0 Å². The highest BCUT2D eigenvalue weighted by Gasteiger charge is 1.94. The van der Waals surface area contributed by atoms with E-state index in [0.29, 0.717) is 6.04 Å². The lowest BCUT2D eigenvalue weighted by Gasteiger charge is -2.08. The van der Waals surface area contributed by atoms with Gasteiger partial charge in [-0.15, -0.1) is 0 Å². The average molecular weight is 207 g/mol. The fraction of sp³-hybridized carbons (Fsp3) is 0.583. The highest BCUT2D eigenvalue weighted by molar-refractivity contribution is 5.12. The number of pyridine rings is 1. The Morgan fingerprint density at radius 1 is 1.27 bits per heavy atom. The molecular formula is C12H21N3. The first-order valence-electron chi connectivity index (χ1n) is 5.54. The molecule has 0 aliphatic rings. The minimum atomic E-state index is 0.563. The summed E-state index contributed by atoms with van der Waals surface area (Å²) in [6.45, 7) is 9.22. The van der Waals surface area contributed by atoms with E-state index in [1.165, 1.54) is 5.56 Å². The fourth-order valence-electron chi connectivity index (χ4n) is 1.28. The second-order valence-electron chi connectivity index (χ2n) is 4.09. The van der Waals surface area contributed by atoms with Crippen molar-refractivity contribution in [2.24, 2.45) is 0 Å². The lowest BCUT2D eigenvalue weighted by Crippen LogP contribution is -2.31. The van der Waals surface area contributed by atoms with Crippen molar-refractivity contribution < 1.29 is 0 Å². The van der Waals surface area contributed by atoms with Crippen LogP contribution in [0.2, 0.25) is 0 Å². The van der Waals surface area contributed by atoms with E-state index in [1.807, 2.05) is 19.2 Å². The summed E-state index contributed by atoms with van der Waals surface area (Å²) in [5, 5.41) is 6.74. The van der Waals surface area contributed by atoms with E-state index in [9.17, 15) is 0 Å². The number of nitrogens with one attached hydrogen (secondary N) is 2. The van der Waals surface area contributed by atoms with Crippen molar-refractivity contribution in [2.75, 3.05) is 13.1 Å². The molecule has 0 aromatic carbocycles. The number of hydrogen-bond donors (Lipinski definition) is 2. The highest BCUT2D eigenvalue weighted by atomic mass is 15.0. The van der Waals surface area contributed by atoms with Gasteiger partial charge in [-0.25, -0.2) is 0 Å². The van der Waals surface area contributed by atoms with Gasteiger partial charge in [-0.1, -0.05) is 19.9 Å². The number of aryl methyl sites for hydroxylation is 1. The number of rotatable bonds is 6. The Balaban J connectivity index is 2.12. The van der Waals surface area contributed by atoms with Crippen LogP contribution in [0.5, 0.6) is 0 Å². The first-order chi connectivity index (χ1) is 7.18. The van der Waals surface area contributed by atoms with Crippen molar-refractivity contribution in [1.29, 1.82) is 0 Å². The Morgan fingerprint density at radius 3 is 2.67 bits per heavy atom. The SMILES string of the molecule is Cc1ccc(CNCCNC(C)C)cn1. The first-order valence-corrected chi connectivity index (χ1v) is 5.54. The summed E-state index contributed by atoms with van der Waals surface area (Å²) in [5.41, 5.74) is 2.31. The van der Waals surface area contributed by atoms with E-state index in [-0.39, 0.29) is 0 Å². The zero-order chi connectivity index (χ0) is 11.1. The largest absolute Gasteiger partial charge is 0.313 e. The van der Waals surface area contributed by atoms with Gasteiger partial charge < -0.3 is 10.6 Å². The Bertz CT molecular complexity index is 267. The lowest BCUT2D eigenvalue weighted by atomic mass is 10.2. The molecule has 2 N–H and O–H groups in total. The summed E-state index contributed by atoms with van der Waals surface area (Å²) in [6.07, 6.45) is 1.93. The normalized spacial score (nSPS) is 10.9. The Morgan fingerprint density at radius 2 is 2.07 bits per heavy atom. The zero-order valence-corrected chi connectivity index (χ0v) is 9.88. The molecule has 0 saturated carbocycles. The summed E-state index contributed by atoms with van der Waals surface area (Å²) < 4.78 is 0. The molecule has 84 valence electrons. The van der Waals surface area contributed by atoms with Crippen LogP contribution in [0.25, 0.3) is 0 Å². The molecule has 0 fully saturated rings. The molecule has 0 radical (unpaired) electrons. The van der Waals surface area contributed by atoms with Gasteiger partial charge in [0.2, 0.25) is 0 Å². The maximum absolute atomic E-state index is 4.25. The minimum absolute atomic E-state index is 0.563. The van der Waals surface area contributed by atoms with E-state index >= 15 is 0 Å². The van der Waals surface area contributed by atoms with Crippen LogP contribution in [0.4, 0.5) is 0 Å². The quantitative estimate of drug-likeness (QED) is 0.694. The van der Waals surface area contributed by atoms with Crippen molar-refractivity contribution in [1.82, 2.24) is 15.6 Å². The molecule has 15 heavy (non-hydrogen) atoms. The summed E-state index contributed by atoms with van der Waals surface area (Å²) in [7, 11) is 0. The van der Waals surface area contributed by atoms with Crippen LogP contribution in [0.3, 0.4) is 0 Å². The van der Waals surface area contributed by atoms with Crippen LogP contribution in [0.1, 0.15) is 25.1 Å². The topological polar surface area (TPSA) is 37.0 Å². The van der Waals surface area contributed by atoms with Crippen LogP contribution in [-0.2, 0) is 6.54 Å². The van der Waals surface area contributed by atoms with Crippen molar-refractivity contribution in [3.63, 3.8) is 0 Å². The van der Waals surface area contributed by atoms with Gasteiger partial charge in [-0.3, -0.25) is 4.98 Å². The fourth-order valence-corrected chi connectivity index (χ4v) is 1.28. The monoisotopic (exact) mass is 207 g/mol. The van der Waals surface area contributed by atoms with Gasteiger partial charge in [0.05, 0.1) is 0 Å². The molecule has 1 aromatic rings. The molecule has 1 heterocycles.